The first kappa shape index (κ1) is 20.9. The van der Waals surface area contributed by atoms with E-state index in [1.54, 1.807) is 13.8 Å². The number of methoxy groups -OCH3 is 2. The van der Waals surface area contributed by atoms with Crippen LogP contribution in [0.5, 0.6) is 11.5 Å². The van der Waals surface area contributed by atoms with Crippen molar-refractivity contribution < 1.29 is 33.4 Å². The number of H-pyrrole nitrogens is 1. The van der Waals surface area contributed by atoms with Crippen LogP contribution in [0.1, 0.15) is 59.7 Å². The minimum Gasteiger partial charge on any atom is -0.493 e. The minimum absolute atomic E-state index is 0.0373. The minimum atomic E-state index is -0.904. The van der Waals surface area contributed by atoms with Gasteiger partial charge in [-0.1, -0.05) is 0 Å². The fourth-order valence-electron chi connectivity index (χ4n) is 3.08. The lowest BCUT2D eigenvalue weighted by atomic mass is 10.1. The molecule has 0 radical (unpaired) electrons. The maximum atomic E-state index is 12.5. The van der Waals surface area contributed by atoms with Crippen molar-refractivity contribution in [2.75, 3.05) is 20.8 Å². The Kier molecular flexibility index (Phi) is 6.35. The molecule has 28 heavy (non-hydrogen) atoms. The molecule has 148 valence electrons. The number of carbonyl (C=O) groups excluding carboxylic acids is 4. The molecule has 0 bridgehead atoms. The highest BCUT2D eigenvalue weighted by atomic mass is 16.5. The topological polar surface area (TPSA) is 112 Å². The van der Waals surface area contributed by atoms with Crippen LogP contribution in [0.4, 0.5) is 0 Å². The predicted octanol–water partition coefficient (Wildman–Crippen LogP) is 2.70. The third-order valence-electron chi connectivity index (χ3n) is 4.31. The SMILES string of the molecule is COc1ccc(C=O)c(C(=O)OCC(=O)c2[nH]c(C)c(C(C)=O)c2C)c1OC. The summed E-state index contributed by atoms with van der Waals surface area (Å²) in [6.45, 7) is 4.16. The maximum Gasteiger partial charge on any atom is 0.343 e. The number of Topliss-reactive ketones (excluding diaryl/α,β-unsaturated/α-hetero) is 2. The van der Waals surface area contributed by atoms with Gasteiger partial charge in [-0.2, -0.15) is 0 Å². The smallest absolute Gasteiger partial charge is 0.343 e. The van der Waals surface area contributed by atoms with Crippen LogP contribution in [0.15, 0.2) is 12.1 Å². The Labute approximate surface area is 161 Å². The first-order valence-electron chi connectivity index (χ1n) is 8.37. The van der Waals surface area contributed by atoms with E-state index < -0.39 is 18.4 Å². The summed E-state index contributed by atoms with van der Waals surface area (Å²) in [5, 5.41) is 0. The molecule has 0 saturated carbocycles. The lowest BCUT2D eigenvalue weighted by Crippen LogP contribution is -2.17. The molecular weight excluding hydrogens is 366 g/mol. The Morgan fingerprint density at radius 1 is 1.07 bits per heavy atom. The second-order valence-corrected chi connectivity index (χ2v) is 6.06. The Bertz CT molecular complexity index is 956. The highest BCUT2D eigenvalue weighted by molar-refractivity contribution is 6.06. The van der Waals surface area contributed by atoms with Crippen molar-refractivity contribution in [2.24, 2.45) is 0 Å². The number of aldehydes is 1. The third kappa shape index (κ3) is 3.80. The predicted molar refractivity (Wildman–Crippen MR) is 99.8 cm³/mol. The fraction of sp³-hybridized carbons (Fsp3) is 0.300. The number of ether oxygens (including phenoxy) is 3. The van der Waals surface area contributed by atoms with Crippen LogP contribution in [-0.4, -0.2) is 49.6 Å². The average molecular weight is 387 g/mol. The summed E-state index contributed by atoms with van der Waals surface area (Å²) < 4.78 is 15.4. The summed E-state index contributed by atoms with van der Waals surface area (Å²) in [7, 11) is 2.71. The number of benzene rings is 1. The van der Waals surface area contributed by atoms with Crippen LogP contribution in [0, 0.1) is 13.8 Å². The summed E-state index contributed by atoms with van der Waals surface area (Å²) in [5.41, 5.74) is 1.61. The van der Waals surface area contributed by atoms with E-state index in [0.717, 1.165) is 0 Å². The first-order chi connectivity index (χ1) is 13.3. The highest BCUT2D eigenvalue weighted by Gasteiger charge is 2.25. The second kappa shape index (κ2) is 8.51. The van der Waals surface area contributed by atoms with Gasteiger partial charge in [0.15, 0.2) is 30.2 Å². The summed E-state index contributed by atoms with van der Waals surface area (Å²) in [5.74, 6) is -1.29. The van der Waals surface area contributed by atoms with Gasteiger partial charge in [0.2, 0.25) is 5.78 Å². The van der Waals surface area contributed by atoms with E-state index in [2.05, 4.69) is 4.98 Å². The Hall–Kier alpha value is -3.42. The molecule has 1 aromatic heterocycles. The molecule has 0 amide bonds. The van der Waals surface area contributed by atoms with E-state index in [-0.39, 0.29) is 34.1 Å². The van der Waals surface area contributed by atoms with Gasteiger partial charge in [-0.3, -0.25) is 14.4 Å². The van der Waals surface area contributed by atoms with E-state index in [1.807, 2.05) is 0 Å². The van der Waals surface area contributed by atoms with E-state index in [0.29, 0.717) is 23.1 Å². The summed E-state index contributed by atoms with van der Waals surface area (Å²) in [4.78, 5) is 50.9. The zero-order valence-corrected chi connectivity index (χ0v) is 16.3. The van der Waals surface area contributed by atoms with Crippen molar-refractivity contribution in [1.29, 1.82) is 0 Å². The number of ketones is 2. The quantitative estimate of drug-likeness (QED) is 0.421. The molecule has 8 nitrogen and oxygen atoms in total. The molecular formula is C20H21NO7. The van der Waals surface area contributed by atoms with Gasteiger partial charge in [0, 0.05) is 16.8 Å². The van der Waals surface area contributed by atoms with Crippen LogP contribution in [0.25, 0.3) is 0 Å². The molecule has 1 N–H and O–H groups in total. The molecule has 0 fully saturated rings. The van der Waals surface area contributed by atoms with Crippen molar-refractivity contribution in [1.82, 2.24) is 4.98 Å². The molecule has 1 heterocycles. The van der Waals surface area contributed by atoms with Crippen LogP contribution in [0.3, 0.4) is 0 Å². The van der Waals surface area contributed by atoms with Gasteiger partial charge < -0.3 is 19.2 Å². The summed E-state index contributed by atoms with van der Waals surface area (Å²) in [6, 6.07) is 2.88. The van der Waals surface area contributed by atoms with Crippen LogP contribution < -0.4 is 9.47 Å². The molecule has 0 unspecified atom stereocenters. The zero-order valence-electron chi connectivity index (χ0n) is 16.3. The Morgan fingerprint density at radius 3 is 2.25 bits per heavy atom. The molecule has 8 heteroatoms. The third-order valence-corrected chi connectivity index (χ3v) is 4.31. The standard InChI is InChI=1S/C20H21NO7/c1-10-16(12(3)23)11(2)21-18(10)14(24)9-28-20(25)17-13(8-22)6-7-15(26-4)19(17)27-5/h6-8,21H,9H2,1-5H3. The van der Waals surface area contributed by atoms with Gasteiger partial charge in [0.1, 0.15) is 5.56 Å². The molecule has 0 spiro atoms. The lowest BCUT2D eigenvalue weighted by Gasteiger charge is -2.13. The Morgan fingerprint density at radius 2 is 1.75 bits per heavy atom. The summed E-state index contributed by atoms with van der Waals surface area (Å²) in [6.07, 6.45) is 0.484. The van der Waals surface area contributed by atoms with E-state index in [9.17, 15) is 19.2 Å². The monoisotopic (exact) mass is 387 g/mol. The van der Waals surface area contributed by atoms with E-state index >= 15 is 0 Å². The number of carbonyl (C=O) groups is 4. The first-order valence-corrected chi connectivity index (χ1v) is 8.37. The van der Waals surface area contributed by atoms with Crippen molar-refractivity contribution in [2.45, 2.75) is 20.8 Å². The lowest BCUT2D eigenvalue weighted by molar-refractivity contribution is 0.0468. The number of aryl methyl sites for hydroxylation is 1. The number of hydrogen-bond donors (Lipinski definition) is 1. The zero-order chi connectivity index (χ0) is 21.0. The van der Waals surface area contributed by atoms with Crippen molar-refractivity contribution in [3.05, 3.63) is 45.8 Å². The van der Waals surface area contributed by atoms with Gasteiger partial charge in [0.05, 0.1) is 19.9 Å². The average Bonchev–Trinajstić information content (AvgIpc) is 2.98. The fourth-order valence-corrected chi connectivity index (χ4v) is 3.08. The molecule has 0 aliphatic carbocycles. The number of nitrogens with one attached hydrogen (secondary N) is 1. The van der Waals surface area contributed by atoms with E-state index in [4.69, 9.17) is 14.2 Å². The number of rotatable bonds is 8. The van der Waals surface area contributed by atoms with Crippen LogP contribution in [0.2, 0.25) is 0 Å². The number of aromatic nitrogens is 1. The Balaban J connectivity index is 2.28. The summed E-state index contributed by atoms with van der Waals surface area (Å²) >= 11 is 0. The van der Waals surface area contributed by atoms with Crippen molar-refractivity contribution in [3.8, 4) is 11.5 Å². The van der Waals surface area contributed by atoms with Gasteiger partial charge in [-0.15, -0.1) is 0 Å². The number of esters is 1. The van der Waals surface area contributed by atoms with Crippen molar-refractivity contribution >= 4 is 23.8 Å². The van der Waals surface area contributed by atoms with Gasteiger partial charge in [0.25, 0.3) is 0 Å². The van der Waals surface area contributed by atoms with E-state index in [1.165, 1.54) is 33.3 Å². The molecule has 2 aromatic rings. The largest absolute Gasteiger partial charge is 0.493 e. The molecule has 1 aromatic carbocycles. The molecule has 0 aliphatic heterocycles. The normalized spacial score (nSPS) is 10.3. The highest BCUT2D eigenvalue weighted by Crippen LogP contribution is 2.33. The molecule has 0 saturated heterocycles. The molecule has 0 aliphatic rings. The maximum absolute atomic E-state index is 12.5. The number of hydrogen-bond acceptors (Lipinski definition) is 7. The molecule has 2 rings (SSSR count). The number of aromatic amines is 1. The van der Waals surface area contributed by atoms with Crippen LogP contribution >= 0.6 is 0 Å². The van der Waals surface area contributed by atoms with Crippen LogP contribution in [-0.2, 0) is 4.74 Å². The van der Waals surface area contributed by atoms with Gasteiger partial charge in [-0.05, 0) is 38.5 Å². The van der Waals surface area contributed by atoms with Gasteiger partial charge >= 0.3 is 5.97 Å². The van der Waals surface area contributed by atoms with Gasteiger partial charge in [-0.25, -0.2) is 4.79 Å². The second-order valence-electron chi connectivity index (χ2n) is 6.06. The van der Waals surface area contributed by atoms with Crippen molar-refractivity contribution in [3.63, 3.8) is 0 Å². The molecule has 0 atom stereocenters.